The lowest BCUT2D eigenvalue weighted by molar-refractivity contribution is -0.114. The summed E-state index contributed by atoms with van der Waals surface area (Å²) in [7, 11) is 0. The predicted octanol–water partition coefficient (Wildman–Crippen LogP) is 5.72. The molecule has 7 heteroatoms. The normalized spacial score (nSPS) is 11.3. The first-order chi connectivity index (χ1) is 13.7. The molecule has 0 aliphatic carbocycles. The van der Waals surface area contributed by atoms with Gasteiger partial charge in [0, 0.05) is 28.2 Å². The van der Waals surface area contributed by atoms with E-state index in [2.05, 4.69) is 23.4 Å². The van der Waals surface area contributed by atoms with E-state index in [0.717, 1.165) is 20.7 Å². The number of rotatable bonds is 6. The Labute approximate surface area is 175 Å². The number of benzene rings is 1. The summed E-state index contributed by atoms with van der Waals surface area (Å²) in [6.07, 6.45) is 9.02. The Morgan fingerprint density at radius 1 is 1.25 bits per heavy atom. The van der Waals surface area contributed by atoms with Gasteiger partial charge in [-0.05, 0) is 53.6 Å². The molecule has 0 spiro atoms. The molecule has 1 amide bonds. The van der Waals surface area contributed by atoms with Crippen molar-refractivity contribution in [3.8, 4) is 0 Å². The van der Waals surface area contributed by atoms with Crippen molar-refractivity contribution in [2.75, 3.05) is 11.2 Å². The van der Waals surface area contributed by atoms with E-state index in [1.807, 2.05) is 41.8 Å². The van der Waals surface area contributed by atoms with Gasteiger partial charge in [0.25, 0.3) is 5.91 Å². The van der Waals surface area contributed by atoms with Gasteiger partial charge < -0.3 is 0 Å². The zero-order valence-corrected chi connectivity index (χ0v) is 17.6. The minimum absolute atomic E-state index is 0.0959. The lowest BCUT2D eigenvalue weighted by Crippen LogP contribution is -2.28. The molecule has 140 valence electrons. The molecule has 0 saturated carbocycles. The number of carbonyl (C=O) groups excluding carboxylic acids is 1. The van der Waals surface area contributed by atoms with Gasteiger partial charge in [0.2, 0.25) is 0 Å². The number of thioether (sulfide) groups is 1. The Kier molecular flexibility index (Phi) is 5.85. The Bertz CT molecular complexity index is 1100. The second-order valence-electron chi connectivity index (χ2n) is 5.96. The number of thiazole rings is 1. The largest absolute Gasteiger partial charge is 0.280 e. The van der Waals surface area contributed by atoms with Gasteiger partial charge in [-0.15, -0.1) is 23.1 Å². The summed E-state index contributed by atoms with van der Waals surface area (Å²) < 4.78 is 1.08. The third-order valence-corrected chi connectivity index (χ3v) is 6.68. The van der Waals surface area contributed by atoms with Crippen LogP contribution in [-0.2, 0) is 11.3 Å². The minimum Gasteiger partial charge on any atom is -0.280 e. The van der Waals surface area contributed by atoms with E-state index >= 15 is 0 Å². The predicted molar refractivity (Wildman–Crippen MR) is 120 cm³/mol. The molecule has 0 unspecified atom stereocenters. The molecule has 3 aromatic heterocycles. The third-order valence-electron chi connectivity index (χ3n) is 4.08. The van der Waals surface area contributed by atoms with Crippen LogP contribution in [0, 0.1) is 0 Å². The molecule has 0 N–H and O–H groups in total. The summed E-state index contributed by atoms with van der Waals surface area (Å²) in [5.74, 6) is -0.0959. The fraction of sp³-hybridized carbons (Fsp3) is 0.0952. The number of anilines is 1. The molecule has 0 aliphatic rings. The highest BCUT2D eigenvalue weighted by molar-refractivity contribution is 7.98. The topological polar surface area (TPSA) is 46.1 Å². The summed E-state index contributed by atoms with van der Waals surface area (Å²) in [5, 5.41) is 2.69. The first-order valence-corrected chi connectivity index (χ1v) is 11.5. The smallest absolute Gasteiger partial charge is 0.253 e. The Hall–Kier alpha value is -2.48. The number of hydrogen-bond donors (Lipinski definition) is 0. The van der Waals surface area contributed by atoms with Crippen LogP contribution < -0.4 is 4.90 Å². The molecule has 0 aliphatic heterocycles. The van der Waals surface area contributed by atoms with Crippen molar-refractivity contribution < 1.29 is 4.79 Å². The molecule has 0 bridgehead atoms. The van der Waals surface area contributed by atoms with E-state index in [0.29, 0.717) is 11.7 Å². The van der Waals surface area contributed by atoms with Crippen LogP contribution in [0.2, 0.25) is 0 Å². The lowest BCUT2D eigenvalue weighted by Gasteiger charge is -2.18. The Morgan fingerprint density at radius 3 is 2.93 bits per heavy atom. The van der Waals surface area contributed by atoms with E-state index in [9.17, 15) is 4.79 Å². The van der Waals surface area contributed by atoms with Gasteiger partial charge in [-0.3, -0.25) is 14.7 Å². The number of thiophene rings is 1. The number of carbonyl (C=O) groups is 1. The first-order valence-electron chi connectivity index (χ1n) is 8.59. The summed E-state index contributed by atoms with van der Waals surface area (Å²) in [6.45, 7) is 0.427. The van der Waals surface area contributed by atoms with Crippen molar-refractivity contribution in [3.63, 3.8) is 0 Å². The van der Waals surface area contributed by atoms with Gasteiger partial charge in [-0.25, -0.2) is 4.98 Å². The van der Waals surface area contributed by atoms with Gasteiger partial charge >= 0.3 is 0 Å². The van der Waals surface area contributed by atoms with Crippen molar-refractivity contribution in [1.29, 1.82) is 0 Å². The van der Waals surface area contributed by atoms with Crippen molar-refractivity contribution >= 4 is 61.8 Å². The molecule has 0 saturated heterocycles. The average Bonchev–Trinajstić information content (AvgIpc) is 3.39. The Balaban J connectivity index is 1.68. The zero-order chi connectivity index (χ0) is 19.3. The van der Waals surface area contributed by atoms with Gasteiger partial charge in [-0.2, -0.15) is 0 Å². The third kappa shape index (κ3) is 4.32. The van der Waals surface area contributed by atoms with Gasteiger partial charge in [0.1, 0.15) is 0 Å². The molecule has 28 heavy (non-hydrogen) atoms. The van der Waals surface area contributed by atoms with E-state index in [1.54, 1.807) is 46.5 Å². The van der Waals surface area contributed by atoms with Crippen molar-refractivity contribution in [1.82, 2.24) is 9.97 Å². The molecular weight excluding hydrogens is 406 g/mol. The van der Waals surface area contributed by atoms with E-state index in [4.69, 9.17) is 4.98 Å². The standard InChI is InChI=1S/C21H17N3OS3/c1-26-17-6-8-18-19(12-17)28-21(23-18)24(14-15-4-2-10-22-13-15)20(25)9-7-16-5-3-11-27-16/h2-13H,14H2,1H3/b9-7+. The van der Waals surface area contributed by atoms with E-state index < -0.39 is 0 Å². The van der Waals surface area contributed by atoms with Crippen molar-refractivity contribution in [2.45, 2.75) is 11.4 Å². The van der Waals surface area contributed by atoms with Crippen LogP contribution in [0.1, 0.15) is 10.4 Å². The summed E-state index contributed by atoms with van der Waals surface area (Å²) >= 11 is 4.83. The molecule has 4 rings (SSSR count). The first kappa shape index (κ1) is 18.9. The van der Waals surface area contributed by atoms with Gasteiger partial charge in [0.15, 0.2) is 5.13 Å². The van der Waals surface area contributed by atoms with Crippen LogP contribution >= 0.6 is 34.4 Å². The number of hydrogen-bond acceptors (Lipinski definition) is 6. The maximum atomic E-state index is 13.0. The molecule has 1 aromatic carbocycles. The molecule has 0 radical (unpaired) electrons. The number of aromatic nitrogens is 2. The van der Waals surface area contributed by atoms with Gasteiger partial charge in [0.05, 0.1) is 16.8 Å². The number of nitrogens with zero attached hydrogens (tertiary/aromatic N) is 3. The maximum Gasteiger partial charge on any atom is 0.253 e. The molecule has 4 aromatic rings. The second-order valence-corrected chi connectivity index (χ2v) is 8.83. The highest BCUT2D eigenvalue weighted by atomic mass is 32.2. The zero-order valence-electron chi connectivity index (χ0n) is 15.1. The Morgan fingerprint density at radius 2 is 2.18 bits per heavy atom. The van der Waals surface area contributed by atoms with Crippen LogP contribution in [0.25, 0.3) is 16.3 Å². The molecule has 4 nitrogen and oxygen atoms in total. The lowest BCUT2D eigenvalue weighted by atomic mass is 10.2. The van der Waals surface area contributed by atoms with Crippen molar-refractivity contribution in [2.24, 2.45) is 0 Å². The van der Waals surface area contributed by atoms with Crippen LogP contribution in [0.5, 0.6) is 0 Å². The minimum atomic E-state index is -0.0959. The van der Waals surface area contributed by atoms with Crippen molar-refractivity contribution in [3.05, 3.63) is 76.8 Å². The number of fused-ring (bicyclic) bond motifs is 1. The number of pyridine rings is 1. The summed E-state index contributed by atoms with van der Waals surface area (Å²) in [4.78, 5) is 25.9. The summed E-state index contributed by atoms with van der Waals surface area (Å²) in [5.41, 5.74) is 1.87. The van der Waals surface area contributed by atoms with Crippen LogP contribution in [0.15, 0.2) is 71.2 Å². The SMILES string of the molecule is CSc1ccc2nc(N(Cc3cccnc3)C(=O)/C=C/c3cccs3)sc2c1. The van der Waals surface area contributed by atoms with Gasteiger partial charge in [-0.1, -0.05) is 23.5 Å². The maximum absolute atomic E-state index is 13.0. The van der Waals surface area contributed by atoms with Crippen LogP contribution in [0.4, 0.5) is 5.13 Å². The summed E-state index contributed by atoms with van der Waals surface area (Å²) in [6, 6.07) is 14.0. The fourth-order valence-corrected chi connectivity index (χ4v) is 4.82. The van der Waals surface area contributed by atoms with Crippen LogP contribution in [0.3, 0.4) is 0 Å². The highest BCUT2D eigenvalue weighted by Crippen LogP contribution is 2.32. The molecular formula is C21H17N3OS3. The quantitative estimate of drug-likeness (QED) is 0.294. The molecule has 0 fully saturated rings. The second kappa shape index (κ2) is 8.68. The van der Waals surface area contributed by atoms with E-state index in [-0.39, 0.29) is 5.91 Å². The van der Waals surface area contributed by atoms with Crippen LogP contribution in [-0.4, -0.2) is 22.1 Å². The monoisotopic (exact) mass is 423 g/mol. The average molecular weight is 424 g/mol. The fourth-order valence-electron chi connectivity index (χ4n) is 2.68. The highest BCUT2D eigenvalue weighted by Gasteiger charge is 2.18. The number of amides is 1. The van der Waals surface area contributed by atoms with E-state index in [1.165, 1.54) is 16.2 Å². The molecule has 0 atom stereocenters. The molecule has 3 heterocycles.